The summed E-state index contributed by atoms with van der Waals surface area (Å²) in [5.74, 6) is 2.17. The lowest BCUT2D eigenvalue weighted by Gasteiger charge is -2.29. The van der Waals surface area contributed by atoms with Gasteiger partial charge >= 0.3 is 0 Å². The number of carbonyl (C=O) groups excluding carboxylic acids is 2. The number of hydrogen-bond donors (Lipinski definition) is 1. The second-order valence-corrected chi connectivity index (χ2v) is 7.93. The van der Waals surface area contributed by atoms with Crippen molar-refractivity contribution in [2.45, 2.75) is 12.8 Å². The van der Waals surface area contributed by atoms with E-state index in [1.54, 1.807) is 35.5 Å². The first-order valence-corrected chi connectivity index (χ1v) is 10.5. The van der Waals surface area contributed by atoms with E-state index in [-0.39, 0.29) is 18.4 Å². The van der Waals surface area contributed by atoms with E-state index in [1.807, 2.05) is 42.6 Å². The molecular formula is C26H24N4O2. The number of terminal acetylenes is 1. The van der Waals surface area contributed by atoms with Gasteiger partial charge in [-0.05, 0) is 42.2 Å². The second-order valence-electron chi connectivity index (χ2n) is 7.93. The molecule has 0 unspecified atom stereocenters. The van der Waals surface area contributed by atoms with Gasteiger partial charge in [0.1, 0.15) is 5.69 Å². The van der Waals surface area contributed by atoms with Crippen LogP contribution in [0.3, 0.4) is 0 Å². The first kappa shape index (κ1) is 21.3. The van der Waals surface area contributed by atoms with Crippen molar-refractivity contribution in [2.75, 3.05) is 19.6 Å². The zero-order chi connectivity index (χ0) is 22.4. The molecule has 1 aliphatic heterocycles. The molecule has 0 bridgehead atoms. The van der Waals surface area contributed by atoms with Crippen LogP contribution >= 0.6 is 0 Å². The van der Waals surface area contributed by atoms with E-state index >= 15 is 0 Å². The molecule has 0 aliphatic carbocycles. The van der Waals surface area contributed by atoms with Crippen LogP contribution in [0, 0.1) is 17.8 Å². The van der Waals surface area contributed by atoms with Crippen molar-refractivity contribution in [3.8, 4) is 23.5 Å². The zero-order valence-electron chi connectivity index (χ0n) is 17.7. The van der Waals surface area contributed by atoms with Gasteiger partial charge in [-0.1, -0.05) is 42.3 Å². The Bertz CT molecular complexity index is 1140. The van der Waals surface area contributed by atoms with Gasteiger partial charge in [-0.15, -0.1) is 6.42 Å². The molecule has 2 amide bonds. The Morgan fingerprint density at radius 3 is 2.69 bits per heavy atom. The molecule has 1 fully saturated rings. The lowest BCUT2D eigenvalue weighted by molar-refractivity contribution is -0.130. The summed E-state index contributed by atoms with van der Waals surface area (Å²) in [5, 5.41) is 2.85. The van der Waals surface area contributed by atoms with Crippen molar-refractivity contribution >= 4 is 11.8 Å². The van der Waals surface area contributed by atoms with Crippen LogP contribution in [-0.2, 0) is 11.2 Å². The van der Waals surface area contributed by atoms with Crippen LogP contribution in [0.25, 0.3) is 11.1 Å². The van der Waals surface area contributed by atoms with Gasteiger partial charge in [-0.2, -0.15) is 0 Å². The smallest absolute Gasteiger partial charge is 0.272 e. The number of benzene rings is 1. The molecule has 1 aliphatic rings. The average molecular weight is 425 g/mol. The third-order valence-electron chi connectivity index (χ3n) is 5.88. The van der Waals surface area contributed by atoms with Gasteiger partial charge in [-0.25, -0.2) is 0 Å². The van der Waals surface area contributed by atoms with Gasteiger partial charge in [0.15, 0.2) is 0 Å². The fourth-order valence-electron chi connectivity index (χ4n) is 4.27. The maximum Gasteiger partial charge on any atom is 0.272 e. The highest BCUT2D eigenvalue weighted by molar-refractivity contribution is 5.94. The summed E-state index contributed by atoms with van der Waals surface area (Å²) in [6, 6.07) is 17.1. The van der Waals surface area contributed by atoms with Crippen molar-refractivity contribution < 1.29 is 9.59 Å². The first-order chi connectivity index (χ1) is 15.6. The highest BCUT2D eigenvalue weighted by atomic mass is 16.2. The van der Waals surface area contributed by atoms with Crippen molar-refractivity contribution in [1.29, 1.82) is 0 Å². The molecule has 1 aromatic carbocycles. The largest absolute Gasteiger partial charge is 0.345 e. The van der Waals surface area contributed by atoms with Crippen LogP contribution in [0.15, 0.2) is 73.2 Å². The van der Waals surface area contributed by atoms with E-state index in [1.165, 1.54) is 0 Å². The lowest BCUT2D eigenvalue weighted by Crippen LogP contribution is -2.45. The number of amides is 2. The van der Waals surface area contributed by atoms with E-state index in [2.05, 4.69) is 21.2 Å². The SMILES string of the molecule is C#CCNC(=O)[C@]1(Cc2ccccc2-c2cccnc2)CCN(C(=O)c2ccccn2)C1. The first-order valence-electron chi connectivity index (χ1n) is 10.5. The Balaban J connectivity index is 1.65. The van der Waals surface area contributed by atoms with Crippen LogP contribution in [0.4, 0.5) is 0 Å². The Hall–Kier alpha value is -3.98. The van der Waals surface area contributed by atoms with E-state index in [0.717, 1.165) is 16.7 Å². The second kappa shape index (κ2) is 9.44. The van der Waals surface area contributed by atoms with E-state index in [0.29, 0.717) is 31.6 Å². The predicted octanol–water partition coefficient (Wildman–Crippen LogP) is 2.97. The average Bonchev–Trinajstić information content (AvgIpc) is 3.28. The van der Waals surface area contributed by atoms with Crippen LogP contribution < -0.4 is 5.32 Å². The van der Waals surface area contributed by atoms with Crippen LogP contribution in [-0.4, -0.2) is 46.3 Å². The van der Waals surface area contributed by atoms with Crippen molar-refractivity contribution in [3.05, 3.63) is 84.4 Å². The fraction of sp³-hybridized carbons (Fsp3) is 0.231. The predicted molar refractivity (Wildman–Crippen MR) is 122 cm³/mol. The Labute approximate surface area is 187 Å². The highest BCUT2D eigenvalue weighted by Crippen LogP contribution is 2.38. The Morgan fingerprint density at radius 1 is 1.09 bits per heavy atom. The van der Waals surface area contributed by atoms with Gasteiger partial charge in [0.2, 0.25) is 5.91 Å². The van der Waals surface area contributed by atoms with E-state index in [9.17, 15) is 9.59 Å². The third kappa shape index (κ3) is 4.37. The summed E-state index contributed by atoms with van der Waals surface area (Å²) in [6.07, 6.45) is 11.6. The molecule has 6 heteroatoms. The molecule has 3 aromatic rings. The van der Waals surface area contributed by atoms with Crippen molar-refractivity contribution in [3.63, 3.8) is 0 Å². The summed E-state index contributed by atoms with van der Waals surface area (Å²) < 4.78 is 0. The molecule has 160 valence electrons. The summed E-state index contributed by atoms with van der Waals surface area (Å²) >= 11 is 0. The number of aromatic nitrogens is 2. The lowest BCUT2D eigenvalue weighted by atomic mass is 9.78. The zero-order valence-corrected chi connectivity index (χ0v) is 17.7. The molecule has 0 radical (unpaired) electrons. The maximum absolute atomic E-state index is 13.3. The standard InChI is InChI=1S/C26H24N4O2/c1-2-13-29-25(32)26(12-16-30(19-26)24(31)23-11-5-6-15-28-23)17-20-8-3-4-10-22(20)21-9-7-14-27-18-21/h1,3-11,14-15,18H,12-13,16-17,19H2,(H,29,32)/t26-/m0/s1. The van der Waals surface area contributed by atoms with Gasteiger partial charge < -0.3 is 10.2 Å². The van der Waals surface area contributed by atoms with Gasteiger partial charge in [0.25, 0.3) is 5.91 Å². The maximum atomic E-state index is 13.3. The summed E-state index contributed by atoms with van der Waals surface area (Å²) in [6.45, 7) is 0.938. The van der Waals surface area contributed by atoms with E-state index < -0.39 is 5.41 Å². The number of hydrogen-bond acceptors (Lipinski definition) is 4. The number of carbonyl (C=O) groups is 2. The van der Waals surface area contributed by atoms with Crippen LogP contribution in [0.5, 0.6) is 0 Å². The molecule has 2 aromatic heterocycles. The van der Waals surface area contributed by atoms with Crippen LogP contribution in [0.1, 0.15) is 22.5 Å². The molecule has 1 saturated heterocycles. The van der Waals surface area contributed by atoms with Gasteiger partial charge in [-0.3, -0.25) is 19.6 Å². The van der Waals surface area contributed by atoms with Crippen molar-refractivity contribution in [2.24, 2.45) is 5.41 Å². The minimum atomic E-state index is -0.778. The topological polar surface area (TPSA) is 75.2 Å². The number of nitrogens with one attached hydrogen (secondary N) is 1. The molecule has 3 heterocycles. The van der Waals surface area contributed by atoms with Crippen molar-refractivity contribution in [1.82, 2.24) is 20.2 Å². The third-order valence-corrected chi connectivity index (χ3v) is 5.88. The van der Waals surface area contributed by atoms with Gasteiger partial charge in [0, 0.05) is 37.2 Å². The fourth-order valence-corrected chi connectivity index (χ4v) is 4.27. The van der Waals surface area contributed by atoms with E-state index in [4.69, 9.17) is 6.42 Å². The molecular weight excluding hydrogens is 400 g/mol. The minimum Gasteiger partial charge on any atom is -0.345 e. The quantitative estimate of drug-likeness (QED) is 0.618. The molecule has 6 nitrogen and oxygen atoms in total. The molecule has 0 saturated carbocycles. The molecule has 32 heavy (non-hydrogen) atoms. The number of nitrogens with zero attached hydrogens (tertiary/aromatic N) is 3. The number of pyridine rings is 2. The molecule has 0 spiro atoms. The summed E-state index contributed by atoms with van der Waals surface area (Å²) in [5.41, 5.74) is 2.65. The summed E-state index contributed by atoms with van der Waals surface area (Å²) in [4.78, 5) is 36.4. The summed E-state index contributed by atoms with van der Waals surface area (Å²) in [7, 11) is 0. The molecule has 4 rings (SSSR count). The monoisotopic (exact) mass is 424 g/mol. The Morgan fingerprint density at radius 2 is 1.94 bits per heavy atom. The molecule has 1 atom stereocenters. The molecule has 1 N–H and O–H groups in total. The highest BCUT2D eigenvalue weighted by Gasteiger charge is 2.46. The Kier molecular flexibility index (Phi) is 6.27. The minimum absolute atomic E-state index is 0.132. The number of likely N-dealkylation sites (tertiary alicyclic amines) is 1. The normalized spacial score (nSPS) is 17.5. The van der Waals surface area contributed by atoms with Gasteiger partial charge in [0.05, 0.1) is 12.0 Å². The number of rotatable bonds is 6. The van der Waals surface area contributed by atoms with Crippen LogP contribution in [0.2, 0.25) is 0 Å².